The van der Waals surface area contributed by atoms with Crippen molar-refractivity contribution in [3.63, 3.8) is 0 Å². The third-order valence-electron chi connectivity index (χ3n) is 6.37. The summed E-state index contributed by atoms with van der Waals surface area (Å²) in [5.74, 6) is 0. The average molecular weight is 582 g/mol. The number of alkyl halides is 6. The van der Waals surface area contributed by atoms with Crippen molar-refractivity contribution in [3.05, 3.63) is 119 Å². The van der Waals surface area contributed by atoms with Crippen LogP contribution in [0.3, 0.4) is 0 Å². The molecule has 0 fully saturated rings. The fourth-order valence-electron chi connectivity index (χ4n) is 4.15. The highest BCUT2D eigenvalue weighted by Gasteiger charge is 2.39. The number of aliphatic hydroxyl groups is 1. The van der Waals surface area contributed by atoms with Crippen molar-refractivity contribution in [2.24, 2.45) is 0 Å². The van der Waals surface area contributed by atoms with Gasteiger partial charge in [-0.3, -0.25) is 0 Å². The van der Waals surface area contributed by atoms with Crippen molar-refractivity contribution in [1.82, 2.24) is 5.32 Å². The van der Waals surface area contributed by atoms with Crippen LogP contribution in [0.2, 0.25) is 0 Å². The molecule has 5 nitrogen and oxygen atoms in total. The van der Waals surface area contributed by atoms with Crippen LogP contribution in [0.25, 0.3) is 0 Å². The Morgan fingerprint density at radius 3 is 1.95 bits per heavy atom. The monoisotopic (exact) mass is 581 g/mol. The molecule has 220 valence electrons. The number of hydrogen-bond acceptors (Lipinski definition) is 4. The Labute approximate surface area is 233 Å². The molecule has 0 spiro atoms. The van der Waals surface area contributed by atoms with E-state index in [1.54, 1.807) is 60.7 Å². The molecule has 0 bridgehead atoms. The number of aliphatic hydroxyl groups excluding tert-OH is 1. The summed E-state index contributed by atoms with van der Waals surface area (Å²) >= 11 is 0. The zero-order chi connectivity index (χ0) is 30.3. The largest absolute Gasteiger partial charge is 0.445 e. The van der Waals surface area contributed by atoms with Gasteiger partial charge in [0.05, 0.1) is 35.5 Å². The summed E-state index contributed by atoms with van der Waals surface area (Å²) in [6, 6.07) is 18.3. The highest BCUT2D eigenvalue weighted by atomic mass is 19.4. The van der Waals surface area contributed by atoms with E-state index in [1.807, 2.05) is 0 Å². The molecule has 3 atom stereocenters. The topological polar surface area (TPSA) is 67.8 Å². The number of hydrogen-bond donors (Lipinski definition) is 2. The predicted octanol–water partition coefficient (Wildman–Crippen LogP) is 7.56. The number of benzene rings is 3. The van der Waals surface area contributed by atoms with Crippen LogP contribution in [0.1, 0.15) is 47.3 Å². The van der Waals surface area contributed by atoms with Crippen molar-refractivity contribution < 1.29 is 45.7 Å². The number of rotatable bonds is 11. The van der Waals surface area contributed by atoms with Gasteiger partial charge < -0.3 is 19.9 Å². The third-order valence-corrected chi connectivity index (χ3v) is 6.37. The van der Waals surface area contributed by atoms with Crippen LogP contribution in [0.15, 0.2) is 91.5 Å². The second-order valence-corrected chi connectivity index (χ2v) is 9.43. The molecule has 2 N–H and O–H groups in total. The fourth-order valence-corrected chi connectivity index (χ4v) is 4.15. The van der Waals surface area contributed by atoms with Gasteiger partial charge in [-0.15, -0.1) is 6.58 Å². The Hall–Kier alpha value is -3.83. The van der Waals surface area contributed by atoms with Gasteiger partial charge in [-0.25, -0.2) is 4.79 Å². The van der Waals surface area contributed by atoms with E-state index in [0.717, 1.165) is 0 Å². The van der Waals surface area contributed by atoms with Crippen molar-refractivity contribution in [3.8, 4) is 0 Å². The minimum atomic E-state index is -5.03. The molecule has 0 aliphatic carbocycles. The summed E-state index contributed by atoms with van der Waals surface area (Å²) in [6.07, 6.45) is -12.4. The van der Waals surface area contributed by atoms with Gasteiger partial charge in [-0.2, -0.15) is 26.3 Å². The molecular weight excluding hydrogens is 552 g/mol. The molecule has 0 radical (unpaired) electrons. The first-order chi connectivity index (χ1) is 19.2. The molecule has 3 rings (SSSR count). The highest BCUT2D eigenvalue weighted by molar-refractivity contribution is 5.69. The van der Waals surface area contributed by atoms with E-state index < -0.39 is 53.9 Å². The van der Waals surface area contributed by atoms with Crippen LogP contribution in [0.5, 0.6) is 0 Å². The molecule has 0 unspecified atom stereocenters. The fraction of sp³-hybridized carbons (Fsp3) is 0.300. The van der Waals surface area contributed by atoms with E-state index in [0.29, 0.717) is 23.3 Å². The molecule has 1 amide bonds. The zero-order valence-electron chi connectivity index (χ0n) is 22.0. The molecule has 3 aromatic rings. The number of alkyl carbamates (subject to hydrolysis) is 1. The molecule has 0 saturated heterocycles. The van der Waals surface area contributed by atoms with Gasteiger partial charge in [0.15, 0.2) is 0 Å². The lowest BCUT2D eigenvalue weighted by Gasteiger charge is -2.37. The van der Waals surface area contributed by atoms with Crippen LogP contribution < -0.4 is 5.32 Å². The molecule has 0 heterocycles. The van der Waals surface area contributed by atoms with Gasteiger partial charge in [-0.1, -0.05) is 66.7 Å². The van der Waals surface area contributed by atoms with Crippen LogP contribution in [-0.4, -0.2) is 23.9 Å². The molecule has 0 aliphatic rings. The third kappa shape index (κ3) is 8.83. The summed E-state index contributed by atoms with van der Waals surface area (Å²) in [5, 5.41) is 13.2. The van der Waals surface area contributed by atoms with E-state index in [9.17, 15) is 36.2 Å². The smallest absolute Gasteiger partial charge is 0.416 e. The van der Waals surface area contributed by atoms with Gasteiger partial charge in [0.2, 0.25) is 0 Å². The lowest BCUT2D eigenvalue weighted by Crippen LogP contribution is -2.51. The standard InChI is InChI=1S/C30H29F6NO4/c1-3-26(38)17-28(23-12-8-5-9-13-23,37-27(39)40-18-21-10-6-4-7-11-21)19-41-20(2)22-14-24(29(31,32)33)16-25(15-22)30(34,35)36/h3-16,20,26,38H,1,17-19H2,2H3,(H,37,39)/t20-,26+,28-/m1/s1. The average Bonchev–Trinajstić information content (AvgIpc) is 2.94. The maximum absolute atomic E-state index is 13.4. The molecule has 3 aromatic carbocycles. The van der Waals surface area contributed by atoms with Crippen LogP contribution >= 0.6 is 0 Å². The molecule has 11 heteroatoms. The summed E-state index contributed by atoms with van der Waals surface area (Å²) in [4.78, 5) is 13.0. The summed E-state index contributed by atoms with van der Waals surface area (Å²) in [6.45, 7) is 4.33. The number of ether oxygens (including phenoxy) is 2. The molecular formula is C30H29F6NO4. The first kappa shape index (κ1) is 31.7. The van der Waals surface area contributed by atoms with Gasteiger partial charge in [-0.05, 0) is 41.8 Å². The Bertz CT molecular complexity index is 1270. The van der Waals surface area contributed by atoms with Crippen LogP contribution in [0.4, 0.5) is 31.1 Å². The number of nitrogens with one attached hydrogen (secondary N) is 1. The quantitative estimate of drug-likeness (QED) is 0.181. The number of carbonyl (C=O) groups is 1. The van der Waals surface area contributed by atoms with Crippen molar-refractivity contribution in [2.45, 2.75) is 50.1 Å². The Kier molecular flexibility index (Phi) is 10.2. The van der Waals surface area contributed by atoms with E-state index in [-0.39, 0.29) is 24.7 Å². The van der Waals surface area contributed by atoms with E-state index in [1.165, 1.54) is 13.0 Å². The van der Waals surface area contributed by atoms with E-state index in [2.05, 4.69) is 11.9 Å². The second kappa shape index (κ2) is 13.2. The van der Waals surface area contributed by atoms with Gasteiger partial charge in [0, 0.05) is 6.42 Å². The summed E-state index contributed by atoms with van der Waals surface area (Å²) < 4.78 is 91.7. The van der Waals surface area contributed by atoms with E-state index >= 15 is 0 Å². The van der Waals surface area contributed by atoms with Crippen molar-refractivity contribution in [1.29, 1.82) is 0 Å². The predicted molar refractivity (Wildman–Crippen MR) is 140 cm³/mol. The van der Waals surface area contributed by atoms with Gasteiger partial charge in [0.25, 0.3) is 0 Å². The molecule has 41 heavy (non-hydrogen) atoms. The van der Waals surface area contributed by atoms with E-state index in [4.69, 9.17) is 9.47 Å². The first-order valence-corrected chi connectivity index (χ1v) is 12.5. The molecule has 0 saturated carbocycles. The SMILES string of the molecule is C=C[C@H](O)C[C@](CO[C@H](C)c1cc(C(F)(F)F)cc(C(F)(F)F)c1)(NC(=O)OCc1ccccc1)c1ccccc1. The first-order valence-electron chi connectivity index (χ1n) is 12.5. The number of carbonyl (C=O) groups excluding carboxylic acids is 1. The summed E-state index contributed by atoms with van der Waals surface area (Å²) in [5.41, 5.74) is -3.68. The summed E-state index contributed by atoms with van der Waals surface area (Å²) in [7, 11) is 0. The zero-order valence-corrected chi connectivity index (χ0v) is 22.0. The van der Waals surface area contributed by atoms with Crippen LogP contribution in [0, 0.1) is 0 Å². The van der Waals surface area contributed by atoms with Crippen molar-refractivity contribution in [2.75, 3.05) is 6.61 Å². The van der Waals surface area contributed by atoms with Crippen molar-refractivity contribution >= 4 is 6.09 Å². The maximum Gasteiger partial charge on any atom is 0.416 e. The highest BCUT2D eigenvalue weighted by Crippen LogP contribution is 2.38. The lowest BCUT2D eigenvalue weighted by molar-refractivity contribution is -0.143. The number of amides is 1. The van der Waals surface area contributed by atoms with Gasteiger partial charge >= 0.3 is 18.4 Å². The minimum absolute atomic E-state index is 0.0369. The van der Waals surface area contributed by atoms with Gasteiger partial charge in [0.1, 0.15) is 6.61 Å². The Balaban J connectivity index is 1.94. The lowest BCUT2D eigenvalue weighted by atomic mass is 9.85. The Morgan fingerprint density at radius 2 is 1.44 bits per heavy atom. The normalized spacial score (nSPS) is 14.9. The van der Waals surface area contributed by atoms with Crippen LogP contribution in [-0.2, 0) is 34.0 Å². The maximum atomic E-state index is 13.4. The molecule has 0 aliphatic heterocycles. The second-order valence-electron chi connectivity index (χ2n) is 9.43. The Morgan fingerprint density at radius 1 is 0.902 bits per heavy atom. The minimum Gasteiger partial charge on any atom is -0.445 e. The molecule has 0 aromatic heterocycles. The number of halogens is 6.